The van der Waals surface area contributed by atoms with Crippen LogP contribution in [0.15, 0.2) is 16.5 Å². The van der Waals surface area contributed by atoms with Crippen molar-refractivity contribution in [2.75, 3.05) is 6.54 Å². The molecule has 2 rings (SSSR count). The highest BCUT2D eigenvalue weighted by Gasteiger charge is 2.43. The summed E-state index contributed by atoms with van der Waals surface area (Å²) in [6.07, 6.45) is 1.59. The fourth-order valence-electron chi connectivity index (χ4n) is 1.97. The van der Waals surface area contributed by atoms with Gasteiger partial charge in [0.05, 0.1) is 6.21 Å². The van der Waals surface area contributed by atoms with Crippen molar-refractivity contribution >= 4 is 35.4 Å². The van der Waals surface area contributed by atoms with E-state index in [0.717, 1.165) is 15.3 Å². The molecule has 0 aromatic carbocycles. The number of rotatable bonds is 5. The van der Waals surface area contributed by atoms with E-state index in [0.29, 0.717) is 0 Å². The monoisotopic (exact) mass is 322 g/mol. The van der Waals surface area contributed by atoms with Gasteiger partial charge < -0.3 is 5.32 Å². The Labute approximate surface area is 132 Å². The molecule has 0 spiro atoms. The highest BCUT2D eigenvalue weighted by molar-refractivity contribution is 7.11. The van der Waals surface area contributed by atoms with Crippen LogP contribution in [0.25, 0.3) is 0 Å². The summed E-state index contributed by atoms with van der Waals surface area (Å²) in [7, 11) is 0. The molecule has 1 aliphatic rings. The average Bonchev–Trinajstić information content (AvgIpc) is 2.91. The molecule has 1 fully saturated rings. The van der Waals surface area contributed by atoms with Crippen LogP contribution in [0.1, 0.15) is 30.7 Å². The molecule has 2 heterocycles. The van der Waals surface area contributed by atoms with E-state index < -0.39 is 11.6 Å². The highest BCUT2D eigenvalue weighted by Crippen LogP contribution is 2.16. The van der Waals surface area contributed by atoms with Gasteiger partial charge in [0.1, 0.15) is 5.54 Å². The molecule has 0 radical (unpaired) electrons. The van der Waals surface area contributed by atoms with E-state index in [2.05, 4.69) is 15.8 Å². The number of urea groups is 1. The van der Waals surface area contributed by atoms with Crippen LogP contribution in [-0.2, 0) is 9.59 Å². The summed E-state index contributed by atoms with van der Waals surface area (Å²) in [5.74, 6) is -0.682. The zero-order chi connectivity index (χ0) is 16.3. The summed E-state index contributed by atoms with van der Waals surface area (Å²) >= 11 is 1.53. The minimum atomic E-state index is -0.914. The van der Waals surface area contributed by atoms with Crippen LogP contribution in [0.2, 0.25) is 0 Å². The van der Waals surface area contributed by atoms with Crippen molar-refractivity contribution in [2.24, 2.45) is 5.10 Å². The van der Waals surface area contributed by atoms with Crippen LogP contribution in [0.3, 0.4) is 0 Å². The first kappa shape index (κ1) is 16.2. The second-order valence-electron chi connectivity index (χ2n) is 5.52. The summed E-state index contributed by atoms with van der Waals surface area (Å²) in [6, 6.07) is 1.49. The van der Waals surface area contributed by atoms with E-state index in [4.69, 9.17) is 0 Å². The van der Waals surface area contributed by atoms with Gasteiger partial charge in [0.2, 0.25) is 5.91 Å². The van der Waals surface area contributed by atoms with Crippen LogP contribution in [0, 0.1) is 6.92 Å². The van der Waals surface area contributed by atoms with Crippen molar-refractivity contribution < 1.29 is 14.4 Å². The minimum Gasteiger partial charge on any atom is -0.324 e. The van der Waals surface area contributed by atoms with Gasteiger partial charge in [0.25, 0.3) is 5.91 Å². The Hall–Kier alpha value is -2.22. The fraction of sp³-hybridized carbons (Fsp3) is 0.429. The molecule has 4 amide bonds. The van der Waals surface area contributed by atoms with Gasteiger partial charge in [0.15, 0.2) is 0 Å². The van der Waals surface area contributed by atoms with E-state index in [1.807, 2.05) is 18.4 Å². The third-order valence-corrected chi connectivity index (χ3v) is 4.23. The second-order valence-corrected chi connectivity index (χ2v) is 6.47. The minimum absolute atomic E-state index is 0.00992. The second kappa shape index (κ2) is 6.27. The molecular formula is C14H18N4O3S. The predicted octanol–water partition coefficient (Wildman–Crippen LogP) is 1.23. The number of imide groups is 1. The lowest BCUT2D eigenvalue weighted by molar-refractivity contribution is -0.130. The zero-order valence-electron chi connectivity index (χ0n) is 12.7. The largest absolute Gasteiger partial charge is 0.325 e. The summed E-state index contributed by atoms with van der Waals surface area (Å²) in [5.41, 5.74) is 2.56. The van der Waals surface area contributed by atoms with Crippen LogP contribution < -0.4 is 10.7 Å². The Morgan fingerprint density at radius 2 is 2.23 bits per heavy atom. The first-order valence-electron chi connectivity index (χ1n) is 6.81. The lowest BCUT2D eigenvalue weighted by atomic mass is 10.1. The molecule has 118 valence electrons. The van der Waals surface area contributed by atoms with Gasteiger partial charge in [-0.05, 0) is 37.8 Å². The Morgan fingerprint density at radius 3 is 2.77 bits per heavy atom. The van der Waals surface area contributed by atoms with Gasteiger partial charge in [0, 0.05) is 17.8 Å². The Morgan fingerprint density at radius 1 is 1.50 bits per heavy atom. The lowest BCUT2D eigenvalue weighted by Crippen LogP contribution is -2.40. The number of nitrogens with zero attached hydrogens (tertiary/aromatic N) is 2. The SMILES string of the molecule is Cc1ccsc1/C=N\NC(=O)CCN1C(=O)NC(C)(C)C1=O. The van der Waals surface area contributed by atoms with Crippen molar-refractivity contribution in [2.45, 2.75) is 32.7 Å². The molecule has 0 bridgehead atoms. The topological polar surface area (TPSA) is 90.9 Å². The standard InChI is InChI=1S/C14H18N4O3S/c1-9-5-7-22-10(9)8-15-17-11(19)4-6-18-12(20)14(2,3)16-13(18)21/h5,7-8H,4,6H2,1-3H3,(H,16,21)(H,17,19)/b15-8-. The molecule has 8 heteroatoms. The third kappa shape index (κ3) is 3.51. The molecule has 1 aliphatic heterocycles. The molecule has 2 N–H and O–H groups in total. The Bertz CT molecular complexity index is 636. The van der Waals surface area contributed by atoms with Crippen molar-refractivity contribution in [1.82, 2.24) is 15.6 Å². The first-order chi connectivity index (χ1) is 10.3. The number of nitrogens with one attached hydrogen (secondary N) is 2. The summed E-state index contributed by atoms with van der Waals surface area (Å²) < 4.78 is 0. The van der Waals surface area contributed by atoms with Gasteiger partial charge in [-0.2, -0.15) is 5.10 Å². The van der Waals surface area contributed by atoms with Crippen molar-refractivity contribution in [3.05, 3.63) is 21.9 Å². The zero-order valence-corrected chi connectivity index (χ0v) is 13.5. The number of amides is 4. The molecule has 1 aromatic rings. The van der Waals surface area contributed by atoms with E-state index in [9.17, 15) is 14.4 Å². The Balaban J connectivity index is 1.81. The van der Waals surface area contributed by atoms with Crippen LogP contribution >= 0.6 is 11.3 Å². The maximum Gasteiger partial charge on any atom is 0.325 e. The lowest BCUT2D eigenvalue weighted by Gasteiger charge is -2.15. The molecule has 0 saturated carbocycles. The van der Waals surface area contributed by atoms with Gasteiger partial charge in [-0.1, -0.05) is 0 Å². The molecular weight excluding hydrogens is 304 g/mol. The number of hydrogen-bond acceptors (Lipinski definition) is 5. The normalized spacial score (nSPS) is 17.1. The van der Waals surface area contributed by atoms with Crippen molar-refractivity contribution in [1.29, 1.82) is 0 Å². The number of aryl methyl sites for hydroxylation is 1. The smallest absolute Gasteiger partial charge is 0.324 e. The van der Waals surface area contributed by atoms with E-state index in [1.165, 1.54) is 11.3 Å². The van der Waals surface area contributed by atoms with E-state index >= 15 is 0 Å². The number of carbonyl (C=O) groups excluding carboxylic acids is 3. The van der Waals surface area contributed by atoms with E-state index in [1.54, 1.807) is 20.1 Å². The molecule has 0 aliphatic carbocycles. The van der Waals surface area contributed by atoms with Crippen LogP contribution in [0.4, 0.5) is 4.79 Å². The summed E-state index contributed by atoms with van der Waals surface area (Å²) in [6.45, 7) is 5.24. The Kier molecular flexibility index (Phi) is 4.60. The van der Waals surface area contributed by atoms with Gasteiger partial charge in [-0.15, -0.1) is 11.3 Å². The van der Waals surface area contributed by atoms with Gasteiger partial charge >= 0.3 is 6.03 Å². The van der Waals surface area contributed by atoms with Gasteiger partial charge in [-0.3, -0.25) is 14.5 Å². The average molecular weight is 322 g/mol. The molecule has 7 nitrogen and oxygen atoms in total. The quantitative estimate of drug-likeness (QED) is 0.485. The van der Waals surface area contributed by atoms with Crippen molar-refractivity contribution in [3.8, 4) is 0 Å². The molecule has 22 heavy (non-hydrogen) atoms. The highest BCUT2D eigenvalue weighted by atomic mass is 32.1. The van der Waals surface area contributed by atoms with Crippen molar-refractivity contribution in [3.63, 3.8) is 0 Å². The maximum atomic E-state index is 11.9. The summed E-state index contributed by atoms with van der Waals surface area (Å²) in [5, 5.41) is 8.37. The number of carbonyl (C=O) groups is 3. The predicted molar refractivity (Wildman–Crippen MR) is 83.7 cm³/mol. The maximum absolute atomic E-state index is 11.9. The van der Waals surface area contributed by atoms with Gasteiger partial charge in [-0.25, -0.2) is 10.2 Å². The third-order valence-electron chi connectivity index (χ3n) is 3.28. The molecule has 1 aromatic heterocycles. The first-order valence-corrected chi connectivity index (χ1v) is 7.69. The van der Waals surface area contributed by atoms with E-state index in [-0.39, 0.29) is 24.8 Å². The molecule has 1 saturated heterocycles. The number of thiophene rings is 1. The molecule has 0 atom stereocenters. The van der Waals surface area contributed by atoms with Crippen LogP contribution in [-0.4, -0.2) is 41.0 Å². The molecule has 0 unspecified atom stereocenters. The fourth-order valence-corrected chi connectivity index (χ4v) is 2.76. The summed E-state index contributed by atoms with van der Waals surface area (Å²) in [4.78, 5) is 37.3. The number of hydrogen-bond donors (Lipinski definition) is 2. The number of hydrazone groups is 1. The van der Waals surface area contributed by atoms with Crippen LogP contribution in [0.5, 0.6) is 0 Å².